The first-order valence-electron chi connectivity index (χ1n) is 6.83. The fourth-order valence-electron chi connectivity index (χ4n) is 2.32. The molecule has 2 atom stereocenters. The van der Waals surface area contributed by atoms with Gasteiger partial charge in [0.2, 0.25) is 0 Å². The fourth-order valence-corrected chi connectivity index (χ4v) is 3.49. The summed E-state index contributed by atoms with van der Waals surface area (Å²) in [6.07, 6.45) is 2.70. The minimum absolute atomic E-state index is 0.789. The normalized spacial score (nSPS) is 23.8. The summed E-state index contributed by atoms with van der Waals surface area (Å²) >= 11 is 0. The highest BCUT2D eigenvalue weighted by Crippen LogP contribution is 2.33. The molecule has 1 saturated carbocycles. The van der Waals surface area contributed by atoms with Crippen LogP contribution in [-0.4, -0.2) is 14.1 Å². The molecule has 0 aromatic heterocycles. The zero-order chi connectivity index (χ0) is 12.5. The predicted octanol–water partition coefficient (Wildman–Crippen LogP) is 3.12. The molecule has 2 rings (SSSR count). The minimum Gasteiger partial charge on any atom is -0.310 e. The maximum absolute atomic E-state index is 3.64. The van der Waals surface area contributed by atoms with Crippen LogP contribution in [0.1, 0.15) is 25.3 Å². The Bertz CT molecular complexity index is 364. The molecule has 1 aromatic rings. The van der Waals surface area contributed by atoms with Gasteiger partial charge in [-0.1, -0.05) is 62.4 Å². The lowest BCUT2D eigenvalue weighted by molar-refractivity contribution is 0.623. The molecule has 1 aliphatic carbocycles. The van der Waals surface area contributed by atoms with Crippen LogP contribution in [0.3, 0.4) is 0 Å². The van der Waals surface area contributed by atoms with Gasteiger partial charge >= 0.3 is 0 Å². The molecule has 2 heteroatoms. The van der Waals surface area contributed by atoms with Gasteiger partial charge < -0.3 is 5.32 Å². The maximum atomic E-state index is 3.64. The van der Waals surface area contributed by atoms with Gasteiger partial charge in [-0.2, -0.15) is 0 Å². The van der Waals surface area contributed by atoms with Crippen molar-refractivity contribution in [2.45, 2.75) is 52.0 Å². The average molecular weight is 247 g/mol. The van der Waals surface area contributed by atoms with Crippen LogP contribution in [0.2, 0.25) is 19.6 Å². The summed E-state index contributed by atoms with van der Waals surface area (Å²) in [6.45, 7) is 10.5. The highest BCUT2D eigenvalue weighted by Gasteiger charge is 2.34. The van der Waals surface area contributed by atoms with Gasteiger partial charge in [-0.25, -0.2) is 0 Å². The van der Waals surface area contributed by atoms with Crippen molar-refractivity contribution < 1.29 is 0 Å². The summed E-state index contributed by atoms with van der Waals surface area (Å²) in [5.74, 6) is 0.941. The van der Waals surface area contributed by atoms with E-state index >= 15 is 0 Å². The molecule has 0 saturated heterocycles. The Morgan fingerprint density at radius 2 is 1.82 bits per heavy atom. The van der Waals surface area contributed by atoms with Crippen molar-refractivity contribution in [2.24, 2.45) is 5.92 Å². The third-order valence-electron chi connectivity index (χ3n) is 3.84. The van der Waals surface area contributed by atoms with E-state index in [2.05, 4.69) is 56.1 Å². The van der Waals surface area contributed by atoms with Crippen molar-refractivity contribution in [3.8, 4) is 0 Å². The molecule has 1 nitrogen and oxygen atoms in total. The van der Waals surface area contributed by atoms with Gasteiger partial charge in [0.05, 0.1) is 8.07 Å². The molecule has 0 amide bonds. The Balaban J connectivity index is 1.86. The van der Waals surface area contributed by atoms with E-state index in [1.807, 2.05) is 0 Å². The van der Waals surface area contributed by atoms with Gasteiger partial charge in [-0.15, -0.1) is 0 Å². The number of hydrogen-bond acceptors (Lipinski definition) is 1. The molecule has 0 bridgehead atoms. The van der Waals surface area contributed by atoms with Crippen LogP contribution in [0, 0.1) is 5.92 Å². The summed E-state index contributed by atoms with van der Waals surface area (Å²) < 4.78 is 0. The van der Waals surface area contributed by atoms with Crippen LogP contribution in [0.5, 0.6) is 0 Å². The van der Waals surface area contributed by atoms with Crippen LogP contribution < -0.4 is 10.5 Å². The van der Waals surface area contributed by atoms with Gasteiger partial charge in [-0.3, -0.25) is 0 Å². The van der Waals surface area contributed by atoms with Crippen molar-refractivity contribution in [2.75, 3.05) is 0 Å². The van der Waals surface area contributed by atoms with Crippen molar-refractivity contribution in [1.82, 2.24) is 5.32 Å². The third-order valence-corrected chi connectivity index (χ3v) is 5.90. The van der Waals surface area contributed by atoms with Gasteiger partial charge in [0.25, 0.3) is 0 Å². The standard InChI is InChI=1S/C15H25NSi/c1-5-13-10-15(13)16-11-12-6-8-14(9-7-12)17(2,3)4/h6-9,13,15-16H,5,10-11H2,1-4H3. The number of benzene rings is 1. The molecule has 0 heterocycles. The molecule has 1 aliphatic rings. The molecule has 17 heavy (non-hydrogen) atoms. The Labute approximate surface area is 107 Å². The Morgan fingerprint density at radius 1 is 1.18 bits per heavy atom. The van der Waals surface area contributed by atoms with Crippen LogP contribution in [0.15, 0.2) is 24.3 Å². The van der Waals surface area contributed by atoms with E-state index in [-0.39, 0.29) is 0 Å². The summed E-state index contributed by atoms with van der Waals surface area (Å²) in [4.78, 5) is 0. The average Bonchev–Trinajstić information content (AvgIpc) is 3.04. The quantitative estimate of drug-likeness (QED) is 0.788. The van der Waals surface area contributed by atoms with Crippen molar-refractivity contribution in [3.63, 3.8) is 0 Å². The second-order valence-electron chi connectivity index (χ2n) is 6.34. The number of rotatable bonds is 5. The van der Waals surface area contributed by atoms with E-state index < -0.39 is 8.07 Å². The number of hydrogen-bond donors (Lipinski definition) is 1. The van der Waals surface area contributed by atoms with E-state index in [1.165, 1.54) is 18.4 Å². The first-order chi connectivity index (χ1) is 8.00. The predicted molar refractivity (Wildman–Crippen MR) is 78.4 cm³/mol. The van der Waals surface area contributed by atoms with E-state index in [1.54, 1.807) is 5.19 Å². The molecular formula is C15H25NSi. The second kappa shape index (κ2) is 4.95. The van der Waals surface area contributed by atoms with Crippen LogP contribution in [0.25, 0.3) is 0 Å². The van der Waals surface area contributed by atoms with Crippen molar-refractivity contribution in [1.29, 1.82) is 0 Å². The summed E-state index contributed by atoms with van der Waals surface area (Å²) in [5, 5.41) is 5.20. The largest absolute Gasteiger partial charge is 0.310 e. The van der Waals surface area contributed by atoms with E-state index in [0.717, 1.165) is 18.5 Å². The monoisotopic (exact) mass is 247 g/mol. The fraction of sp³-hybridized carbons (Fsp3) is 0.600. The van der Waals surface area contributed by atoms with Gasteiger partial charge in [0.15, 0.2) is 0 Å². The van der Waals surface area contributed by atoms with Crippen LogP contribution in [0.4, 0.5) is 0 Å². The lowest BCUT2D eigenvalue weighted by atomic mass is 10.2. The smallest absolute Gasteiger partial charge is 0.0775 e. The SMILES string of the molecule is CCC1CC1NCc1ccc([Si](C)(C)C)cc1. The summed E-state index contributed by atoms with van der Waals surface area (Å²) in [5.41, 5.74) is 1.42. The lowest BCUT2D eigenvalue weighted by Crippen LogP contribution is -2.37. The zero-order valence-corrected chi connectivity index (χ0v) is 12.6. The molecule has 0 spiro atoms. The highest BCUT2D eigenvalue weighted by molar-refractivity contribution is 6.88. The first kappa shape index (κ1) is 12.8. The minimum atomic E-state index is -1.13. The van der Waals surface area contributed by atoms with E-state index in [4.69, 9.17) is 0 Å². The Morgan fingerprint density at radius 3 is 2.29 bits per heavy atom. The maximum Gasteiger partial charge on any atom is 0.0775 e. The molecule has 0 radical (unpaired) electrons. The molecule has 0 aliphatic heterocycles. The molecule has 1 aromatic carbocycles. The highest BCUT2D eigenvalue weighted by atomic mass is 28.3. The first-order valence-corrected chi connectivity index (χ1v) is 10.3. The van der Waals surface area contributed by atoms with E-state index in [9.17, 15) is 0 Å². The van der Waals surface area contributed by atoms with Crippen molar-refractivity contribution in [3.05, 3.63) is 29.8 Å². The Kier molecular flexibility index (Phi) is 3.74. The molecule has 94 valence electrons. The second-order valence-corrected chi connectivity index (χ2v) is 11.4. The van der Waals surface area contributed by atoms with Crippen LogP contribution in [-0.2, 0) is 6.54 Å². The molecule has 1 fully saturated rings. The third kappa shape index (κ3) is 3.43. The molecule has 2 unspecified atom stereocenters. The van der Waals surface area contributed by atoms with Gasteiger partial charge in [0, 0.05) is 12.6 Å². The summed E-state index contributed by atoms with van der Waals surface area (Å²) in [6, 6.07) is 10.0. The lowest BCUT2D eigenvalue weighted by Gasteiger charge is -2.16. The van der Waals surface area contributed by atoms with Gasteiger partial charge in [0.1, 0.15) is 0 Å². The van der Waals surface area contributed by atoms with Gasteiger partial charge in [-0.05, 0) is 17.9 Å². The van der Waals surface area contributed by atoms with E-state index in [0.29, 0.717) is 0 Å². The zero-order valence-electron chi connectivity index (χ0n) is 11.6. The van der Waals surface area contributed by atoms with Crippen LogP contribution >= 0.6 is 0 Å². The topological polar surface area (TPSA) is 12.0 Å². The van der Waals surface area contributed by atoms with Crippen molar-refractivity contribution >= 4 is 13.3 Å². The molecular weight excluding hydrogens is 222 g/mol. The number of nitrogens with one attached hydrogen (secondary N) is 1. The molecule has 1 N–H and O–H groups in total. The Hall–Kier alpha value is -0.603. The summed E-state index contributed by atoms with van der Waals surface area (Å²) in [7, 11) is -1.13.